The molecule has 0 aliphatic rings. The number of thiol groups is 1. The van der Waals surface area contributed by atoms with Crippen LogP contribution in [0.4, 0.5) is 4.79 Å². The van der Waals surface area contributed by atoms with Crippen LogP contribution in [0, 0.1) is 25.2 Å². The lowest BCUT2D eigenvalue weighted by molar-refractivity contribution is -0.141. The van der Waals surface area contributed by atoms with Crippen LogP contribution < -0.4 is 10.6 Å². The van der Waals surface area contributed by atoms with Gasteiger partial charge in [0.25, 0.3) is 0 Å². The molecular weight excluding hydrogens is 428 g/mol. The SMILES string of the molecule is Cc1cccc(C(C(=O)NC(C)C)N(CC#N)C(=O)C(CS)NC(=O)OC(C)(C)C)c1C. The maximum Gasteiger partial charge on any atom is 0.408 e. The van der Waals surface area contributed by atoms with Crippen LogP contribution in [0.3, 0.4) is 0 Å². The van der Waals surface area contributed by atoms with Crippen molar-refractivity contribution in [2.75, 3.05) is 12.3 Å². The summed E-state index contributed by atoms with van der Waals surface area (Å²) < 4.78 is 5.24. The molecule has 1 aromatic carbocycles. The van der Waals surface area contributed by atoms with E-state index < -0.39 is 35.6 Å². The van der Waals surface area contributed by atoms with Gasteiger partial charge in [-0.2, -0.15) is 17.9 Å². The van der Waals surface area contributed by atoms with Gasteiger partial charge in [0, 0.05) is 11.8 Å². The zero-order valence-corrected chi connectivity index (χ0v) is 20.7. The molecule has 3 amide bonds. The van der Waals surface area contributed by atoms with Crippen molar-refractivity contribution in [1.29, 1.82) is 5.26 Å². The van der Waals surface area contributed by atoms with Crippen molar-refractivity contribution >= 4 is 30.5 Å². The molecule has 0 aliphatic carbocycles. The summed E-state index contributed by atoms with van der Waals surface area (Å²) in [5, 5.41) is 14.8. The van der Waals surface area contributed by atoms with Gasteiger partial charge >= 0.3 is 6.09 Å². The highest BCUT2D eigenvalue weighted by molar-refractivity contribution is 7.80. The number of nitriles is 1. The van der Waals surface area contributed by atoms with Gasteiger partial charge in [-0.05, 0) is 65.2 Å². The van der Waals surface area contributed by atoms with Crippen molar-refractivity contribution in [2.45, 2.75) is 72.2 Å². The summed E-state index contributed by atoms with van der Waals surface area (Å²) in [6.07, 6.45) is -0.781. The number of nitrogens with one attached hydrogen (secondary N) is 2. The number of hydrogen-bond donors (Lipinski definition) is 3. The van der Waals surface area contributed by atoms with Crippen LogP contribution in [0.5, 0.6) is 0 Å². The smallest absolute Gasteiger partial charge is 0.408 e. The standard InChI is InChI=1S/C23H34N4O4S/c1-14(2)25-20(28)19(17-10-8-9-15(3)16(17)4)27(12-11-24)21(29)18(13-32)26-22(30)31-23(5,6)7/h8-10,14,18-19,32H,12-13H2,1-7H3,(H,25,28)(H,26,30). The molecule has 9 heteroatoms. The number of aryl methyl sites for hydroxylation is 1. The summed E-state index contributed by atoms with van der Waals surface area (Å²) >= 11 is 4.20. The van der Waals surface area contributed by atoms with Gasteiger partial charge in [0.15, 0.2) is 0 Å². The minimum Gasteiger partial charge on any atom is -0.444 e. The molecule has 176 valence electrons. The van der Waals surface area contributed by atoms with Gasteiger partial charge in [-0.15, -0.1) is 0 Å². The van der Waals surface area contributed by atoms with E-state index in [0.717, 1.165) is 11.1 Å². The Kier molecular flexibility index (Phi) is 10.0. The fraction of sp³-hybridized carbons (Fsp3) is 0.565. The van der Waals surface area contributed by atoms with Crippen LogP contribution in [0.25, 0.3) is 0 Å². The molecular formula is C23H34N4O4S. The number of rotatable bonds is 8. The summed E-state index contributed by atoms with van der Waals surface area (Å²) in [6.45, 7) is 12.2. The molecule has 2 N–H and O–H groups in total. The van der Waals surface area contributed by atoms with Crippen molar-refractivity contribution in [2.24, 2.45) is 0 Å². The Hall–Kier alpha value is -2.73. The van der Waals surface area contributed by atoms with Crippen molar-refractivity contribution in [3.63, 3.8) is 0 Å². The Bertz CT molecular complexity index is 874. The van der Waals surface area contributed by atoms with Crippen molar-refractivity contribution < 1.29 is 19.1 Å². The largest absolute Gasteiger partial charge is 0.444 e. The molecule has 0 saturated heterocycles. The molecule has 0 heterocycles. The van der Waals surface area contributed by atoms with E-state index in [-0.39, 0.29) is 18.3 Å². The van der Waals surface area contributed by atoms with Crippen LogP contribution >= 0.6 is 12.6 Å². The fourth-order valence-corrected chi connectivity index (χ4v) is 3.34. The zero-order valence-electron chi connectivity index (χ0n) is 19.9. The Labute approximate surface area is 196 Å². The van der Waals surface area contributed by atoms with Gasteiger partial charge in [-0.3, -0.25) is 9.59 Å². The number of benzene rings is 1. The second kappa shape index (κ2) is 11.8. The molecule has 2 unspecified atom stereocenters. The molecule has 1 rings (SSSR count). The lowest BCUT2D eigenvalue weighted by atomic mass is 9.95. The van der Waals surface area contributed by atoms with E-state index in [2.05, 4.69) is 23.3 Å². The number of amides is 3. The zero-order chi connectivity index (χ0) is 24.6. The van der Waals surface area contributed by atoms with Gasteiger partial charge in [0.05, 0.1) is 6.07 Å². The Balaban J connectivity index is 3.41. The van der Waals surface area contributed by atoms with E-state index in [4.69, 9.17) is 4.74 Å². The van der Waals surface area contributed by atoms with E-state index in [0.29, 0.717) is 5.56 Å². The summed E-state index contributed by atoms with van der Waals surface area (Å²) in [5.41, 5.74) is 1.65. The third kappa shape index (κ3) is 7.75. The second-order valence-corrected chi connectivity index (χ2v) is 9.23. The van der Waals surface area contributed by atoms with Crippen LogP contribution in [0.1, 0.15) is 57.4 Å². The number of carbonyl (C=O) groups excluding carboxylic acids is 3. The summed E-state index contributed by atoms with van der Waals surface area (Å²) in [4.78, 5) is 40.1. The highest BCUT2D eigenvalue weighted by Gasteiger charge is 2.36. The predicted molar refractivity (Wildman–Crippen MR) is 126 cm³/mol. The molecule has 0 radical (unpaired) electrons. The first-order valence-corrected chi connectivity index (χ1v) is 11.1. The molecule has 8 nitrogen and oxygen atoms in total. The molecule has 0 fully saturated rings. The monoisotopic (exact) mass is 462 g/mol. The summed E-state index contributed by atoms with van der Waals surface area (Å²) in [7, 11) is 0. The quantitative estimate of drug-likeness (QED) is 0.406. The van der Waals surface area contributed by atoms with Crippen LogP contribution in [-0.4, -0.2) is 52.8 Å². The molecule has 0 aromatic heterocycles. The number of alkyl carbamates (subject to hydrolysis) is 1. The minimum atomic E-state index is -1.08. The first-order chi connectivity index (χ1) is 14.8. The Morgan fingerprint density at radius 3 is 2.31 bits per heavy atom. The van der Waals surface area contributed by atoms with Crippen LogP contribution in [-0.2, 0) is 14.3 Å². The number of carbonyl (C=O) groups is 3. The van der Waals surface area contributed by atoms with Gasteiger partial charge in [0.2, 0.25) is 11.8 Å². The number of hydrogen-bond acceptors (Lipinski definition) is 6. The molecule has 0 saturated carbocycles. The number of nitrogens with zero attached hydrogens (tertiary/aromatic N) is 2. The van der Waals surface area contributed by atoms with Crippen LogP contribution in [0.15, 0.2) is 18.2 Å². The first-order valence-electron chi connectivity index (χ1n) is 10.5. The third-order valence-corrected chi connectivity index (χ3v) is 4.99. The topological polar surface area (TPSA) is 112 Å². The molecule has 0 aliphatic heterocycles. The average Bonchev–Trinajstić information content (AvgIpc) is 2.66. The average molecular weight is 463 g/mol. The Morgan fingerprint density at radius 2 is 1.81 bits per heavy atom. The van der Waals surface area contributed by atoms with E-state index in [1.165, 1.54) is 4.90 Å². The fourth-order valence-electron chi connectivity index (χ4n) is 3.09. The highest BCUT2D eigenvalue weighted by atomic mass is 32.1. The maximum atomic E-state index is 13.4. The third-order valence-electron chi connectivity index (χ3n) is 4.63. The summed E-state index contributed by atoms with van der Waals surface area (Å²) in [6, 6.07) is 5.14. The molecule has 1 aromatic rings. The normalized spacial score (nSPS) is 13.0. The molecule has 0 spiro atoms. The lowest BCUT2D eigenvalue weighted by Gasteiger charge is -2.33. The second-order valence-electron chi connectivity index (χ2n) is 8.86. The van der Waals surface area contributed by atoms with Crippen molar-refractivity contribution in [3.8, 4) is 6.07 Å². The van der Waals surface area contributed by atoms with Crippen molar-refractivity contribution in [3.05, 3.63) is 34.9 Å². The van der Waals surface area contributed by atoms with E-state index >= 15 is 0 Å². The van der Waals surface area contributed by atoms with Crippen LogP contribution in [0.2, 0.25) is 0 Å². The number of ether oxygens (including phenoxy) is 1. The minimum absolute atomic E-state index is 0.0364. The van der Waals surface area contributed by atoms with E-state index in [1.807, 2.05) is 39.8 Å². The first kappa shape index (κ1) is 27.3. The highest BCUT2D eigenvalue weighted by Crippen LogP contribution is 2.27. The summed E-state index contributed by atoms with van der Waals surface area (Å²) in [5.74, 6) is -1.05. The molecule has 0 bridgehead atoms. The van der Waals surface area contributed by atoms with Gasteiger partial charge in [-0.25, -0.2) is 4.79 Å². The van der Waals surface area contributed by atoms with E-state index in [9.17, 15) is 19.6 Å². The van der Waals surface area contributed by atoms with Gasteiger partial charge in [0.1, 0.15) is 24.2 Å². The molecule has 2 atom stereocenters. The lowest BCUT2D eigenvalue weighted by Crippen LogP contribution is -2.54. The van der Waals surface area contributed by atoms with Gasteiger partial charge < -0.3 is 20.3 Å². The molecule has 32 heavy (non-hydrogen) atoms. The van der Waals surface area contributed by atoms with E-state index in [1.54, 1.807) is 32.9 Å². The van der Waals surface area contributed by atoms with Gasteiger partial charge in [-0.1, -0.05) is 18.2 Å². The predicted octanol–water partition coefficient (Wildman–Crippen LogP) is 3.04. The maximum absolute atomic E-state index is 13.4. The Morgan fingerprint density at radius 1 is 1.19 bits per heavy atom. The van der Waals surface area contributed by atoms with Crippen molar-refractivity contribution in [1.82, 2.24) is 15.5 Å².